The van der Waals surface area contributed by atoms with Crippen LogP contribution in [-0.4, -0.2) is 75.9 Å². The third-order valence-corrected chi connectivity index (χ3v) is 5.92. The molecule has 0 unspecified atom stereocenters. The van der Waals surface area contributed by atoms with Gasteiger partial charge in [-0.2, -0.15) is 4.72 Å². The van der Waals surface area contributed by atoms with Crippen LogP contribution in [0, 0.1) is 5.92 Å². The van der Waals surface area contributed by atoms with E-state index >= 15 is 0 Å². The molecular weight excluding hydrogens is 382 g/mol. The minimum Gasteiger partial charge on any atom is -0.396 e. The van der Waals surface area contributed by atoms with Crippen molar-refractivity contribution in [1.82, 2.24) is 14.9 Å². The van der Waals surface area contributed by atoms with E-state index in [2.05, 4.69) is 28.8 Å². The Balaban J connectivity index is 1.92. The maximum atomic E-state index is 12.5. The van der Waals surface area contributed by atoms with E-state index in [9.17, 15) is 18.3 Å². The summed E-state index contributed by atoms with van der Waals surface area (Å²) in [5.41, 5.74) is 0. The van der Waals surface area contributed by atoms with Crippen LogP contribution >= 0.6 is 0 Å². The summed E-state index contributed by atoms with van der Waals surface area (Å²) in [6.45, 7) is 7.46. The van der Waals surface area contributed by atoms with Crippen molar-refractivity contribution in [2.75, 3.05) is 39.4 Å². The summed E-state index contributed by atoms with van der Waals surface area (Å²) in [7, 11) is -3.85. The second-order valence-electron chi connectivity index (χ2n) is 7.39. The molecule has 0 aliphatic carbocycles. The number of carbonyl (C=O) groups is 1. The summed E-state index contributed by atoms with van der Waals surface area (Å²) in [5.74, 6) is 0.0767. The maximum absolute atomic E-state index is 12.5. The van der Waals surface area contributed by atoms with E-state index in [1.807, 2.05) is 0 Å². The highest BCUT2D eigenvalue weighted by Crippen LogP contribution is 2.10. The fourth-order valence-corrected chi connectivity index (χ4v) is 4.40. The smallest absolute Gasteiger partial charge is 0.241 e. The lowest BCUT2D eigenvalue weighted by Crippen LogP contribution is -2.52. The van der Waals surface area contributed by atoms with E-state index in [1.54, 1.807) is 18.2 Å². The largest absolute Gasteiger partial charge is 0.396 e. The number of carbonyl (C=O) groups excluding carboxylic acids is 1. The Kier molecular flexibility index (Phi) is 8.84. The molecule has 1 heterocycles. The highest BCUT2D eigenvalue weighted by atomic mass is 32.2. The number of nitrogens with zero attached hydrogens (tertiary/aromatic N) is 1. The zero-order valence-corrected chi connectivity index (χ0v) is 17.3. The molecular formula is C19H31N3O5S. The van der Waals surface area contributed by atoms with E-state index in [-0.39, 0.29) is 24.0 Å². The minimum atomic E-state index is -3.85. The molecule has 158 valence electrons. The molecule has 0 aromatic heterocycles. The van der Waals surface area contributed by atoms with Crippen LogP contribution in [0.2, 0.25) is 0 Å². The first kappa shape index (κ1) is 22.8. The first-order valence-electron chi connectivity index (χ1n) is 9.61. The first-order chi connectivity index (χ1) is 13.3. The van der Waals surface area contributed by atoms with Crippen molar-refractivity contribution in [3.8, 4) is 0 Å². The molecule has 0 bridgehead atoms. The SMILES string of the molecule is CC(C)CN1CCO[C@@H](CNC(=O)[C@H](CCO)NS(=O)(=O)c2ccccc2)C1. The van der Waals surface area contributed by atoms with Gasteiger partial charge in [0, 0.05) is 32.8 Å². The van der Waals surface area contributed by atoms with Crippen LogP contribution in [0.5, 0.6) is 0 Å². The highest BCUT2D eigenvalue weighted by molar-refractivity contribution is 7.89. The molecule has 3 N–H and O–H groups in total. The van der Waals surface area contributed by atoms with Gasteiger partial charge in [0.15, 0.2) is 0 Å². The number of nitrogens with one attached hydrogen (secondary N) is 2. The van der Waals surface area contributed by atoms with Gasteiger partial charge in [0.25, 0.3) is 0 Å². The number of amides is 1. The number of aliphatic hydroxyl groups is 1. The molecule has 1 aliphatic rings. The summed E-state index contributed by atoms with van der Waals surface area (Å²) in [4.78, 5) is 14.9. The Morgan fingerprint density at radius 3 is 2.68 bits per heavy atom. The third kappa shape index (κ3) is 7.14. The van der Waals surface area contributed by atoms with Crippen LogP contribution in [0.3, 0.4) is 0 Å². The van der Waals surface area contributed by atoms with Gasteiger partial charge in [-0.3, -0.25) is 9.69 Å². The molecule has 8 nitrogen and oxygen atoms in total. The molecule has 2 atom stereocenters. The van der Waals surface area contributed by atoms with Crippen molar-refractivity contribution >= 4 is 15.9 Å². The van der Waals surface area contributed by atoms with Crippen LogP contribution in [0.4, 0.5) is 0 Å². The van der Waals surface area contributed by atoms with Crippen LogP contribution < -0.4 is 10.0 Å². The molecule has 28 heavy (non-hydrogen) atoms. The van der Waals surface area contributed by atoms with Gasteiger partial charge in [-0.1, -0.05) is 32.0 Å². The molecule has 2 rings (SSSR count). The second kappa shape index (κ2) is 10.9. The monoisotopic (exact) mass is 413 g/mol. The fourth-order valence-electron chi connectivity index (χ4n) is 3.15. The van der Waals surface area contributed by atoms with Gasteiger partial charge in [0.05, 0.1) is 17.6 Å². The van der Waals surface area contributed by atoms with Crippen LogP contribution in [0.25, 0.3) is 0 Å². The zero-order chi connectivity index (χ0) is 20.6. The number of sulfonamides is 1. The first-order valence-corrected chi connectivity index (χ1v) is 11.1. The summed E-state index contributed by atoms with van der Waals surface area (Å²) in [6.07, 6.45) is -0.153. The van der Waals surface area contributed by atoms with E-state index in [0.717, 1.165) is 19.6 Å². The predicted octanol–water partition coefficient (Wildman–Crippen LogP) is 0.189. The Morgan fingerprint density at radius 2 is 2.04 bits per heavy atom. The topological polar surface area (TPSA) is 108 Å². The maximum Gasteiger partial charge on any atom is 0.241 e. The molecule has 1 saturated heterocycles. The van der Waals surface area contributed by atoms with Crippen molar-refractivity contribution in [1.29, 1.82) is 0 Å². The Bertz CT molecular complexity index is 712. The lowest BCUT2D eigenvalue weighted by atomic mass is 10.1. The lowest BCUT2D eigenvalue weighted by Gasteiger charge is -2.34. The molecule has 0 saturated carbocycles. The van der Waals surface area contributed by atoms with Crippen molar-refractivity contribution in [3.63, 3.8) is 0 Å². The highest BCUT2D eigenvalue weighted by Gasteiger charge is 2.27. The summed E-state index contributed by atoms with van der Waals surface area (Å²) >= 11 is 0. The van der Waals surface area contributed by atoms with Gasteiger partial charge >= 0.3 is 0 Å². The number of hydrogen-bond acceptors (Lipinski definition) is 6. The molecule has 0 radical (unpaired) electrons. The summed E-state index contributed by atoms with van der Waals surface area (Å²) in [6, 6.07) is 6.79. The Labute approximate surface area is 167 Å². The van der Waals surface area contributed by atoms with Crippen LogP contribution in [0.15, 0.2) is 35.2 Å². The average Bonchev–Trinajstić information content (AvgIpc) is 2.66. The number of rotatable bonds is 10. The average molecular weight is 414 g/mol. The molecule has 1 aliphatic heterocycles. The van der Waals surface area contributed by atoms with Crippen molar-refractivity contribution in [3.05, 3.63) is 30.3 Å². The number of hydrogen-bond donors (Lipinski definition) is 3. The minimum absolute atomic E-state index is 0.0110. The van der Waals surface area contributed by atoms with Crippen LogP contribution in [0.1, 0.15) is 20.3 Å². The normalized spacial score (nSPS) is 19.5. The third-order valence-electron chi connectivity index (χ3n) is 4.44. The summed E-state index contributed by atoms with van der Waals surface area (Å²) < 4.78 is 33.0. The van der Waals surface area contributed by atoms with E-state index in [1.165, 1.54) is 12.1 Å². The summed E-state index contributed by atoms with van der Waals surface area (Å²) in [5, 5.41) is 12.0. The molecule has 1 aromatic rings. The molecule has 1 amide bonds. The van der Waals surface area contributed by atoms with Crippen molar-refractivity contribution in [2.45, 2.75) is 37.3 Å². The van der Waals surface area contributed by atoms with Gasteiger partial charge in [0.1, 0.15) is 6.04 Å². The van der Waals surface area contributed by atoms with Crippen molar-refractivity contribution in [2.24, 2.45) is 5.92 Å². The standard InChI is InChI=1S/C19H31N3O5S/c1-15(2)13-22-9-11-27-16(14-22)12-20-19(24)18(8-10-23)21-28(25,26)17-6-4-3-5-7-17/h3-7,15-16,18,21,23H,8-14H2,1-2H3,(H,20,24)/t16-,18-/m0/s1. The quantitative estimate of drug-likeness (QED) is 0.505. The predicted molar refractivity (Wildman–Crippen MR) is 106 cm³/mol. The Morgan fingerprint density at radius 1 is 1.32 bits per heavy atom. The molecule has 1 fully saturated rings. The second-order valence-corrected chi connectivity index (χ2v) is 9.10. The van der Waals surface area contributed by atoms with Gasteiger partial charge in [-0.05, 0) is 24.5 Å². The van der Waals surface area contributed by atoms with Gasteiger partial charge in [-0.25, -0.2) is 8.42 Å². The van der Waals surface area contributed by atoms with E-state index < -0.39 is 22.0 Å². The van der Waals surface area contributed by atoms with Crippen LogP contribution in [-0.2, 0) is 19.6 Å². The number of ether oxygens (including phenoxy) is 1. The van der Waals surface area contributed by atoms with Gasteiger partial charge < -0.3 is 15.2 Å². The zero-order valence-electron chi connectivity index (χ0n) is 16.5. The fraction of sp³-hybridized carbons (Fsp3) is 0.632. The lowest BCUT2D eigenvalue weighted by molar-refractivity contribution is -0.124. The number of aliphatic hydroxyl groups excluding tert-OH is 1. The molecule has 0 spiro atoms. The number of benzene rings is 1. The number of morpholine rings is 1. The van der Waals surface area contributed by atoms with Gasteiger partial charge in [-0.15, -0.1) is 0 Å². The molecule has 1 aromatic carbocycles. The van der Waals surface area contributed by atoms with Crippen molar-refractivity contribution < 1.29 is 23.1 Å². The Hall–Kier alpha value is -1.52. The molecule has 9 heteroatoms. The van der Waals surface area contributed by atoms with Gasteiger partial charge in [0.2, 0.25) is 15.9 Å². The van der Waals surface area contributed by atoms with E-state index in [0.29, 0.717) is 19.1 Å². The van der Waals surface area contributed by atoms with E-state index in [4.69, 9.17) is 4.74 Å².